The van der Waals surface area contributed by atoms with E-state index in [2.05, 4.69) is 0 Å². The van der Waals surface area contributed by atoms with Gasteiger partial charge in [-0.3, -0.25) is 4.79 Å². The Morgan fingerprint density at radius 3 is 2.58 bits per heavy atom. The highest BCUT2D eigenvalue weighted by atomic mass is 16.5. The molecule has 0 radical (unpaired) electrons. The summed E-state index contributed by atoms with van der Waals surface area (Å²) in [6.45, 7) is 4.13. The molecule has 2 aromatic heterocycles. The molecule has 0 saturated heterocycles. The van der Waals surface area contributed by atoms with E-state index < -0.39 is 24.5 Å². The van der Waals surface area contributed by atoms with Gasteiger partial charge in [0.05, 0.1) is 37.0 Å². The summed E-state index contributed by atoms with van der Waals surface area (Å²) < 4.78 is 27.8. The molecule has 9 nitrogen and oxygen atoms in total. The zero-order valence-electron chi connectivity index (χ0n) is 21.4. The van der Waals surface area contributed by atoms with Crippen molar-refractivity contribution in [1.29, 1.82) is 0 Å². The molecule has 5 rings (SSSR count). The molecule has 3 heterocycles. The van der Waals surface area contributed by atoms with Gasteiger partial charge in [-0.1, -0.05) is 0 Å². The summed E-state index contributed by atoms with van der Waals surface area (Å²) in [5, 5.41) is 6.13. The zero-order valence-corrected chi connectivity index (χ0v) is 21.4. The average molecular weight is 519 g/mol. The lowest BCUT2D eigenvalue weighted by Crippen LogP contribution is -2.34. The Morgan fingerprint density at radius 1 is 1.05 bits per heavy atom. The first-order valence-electron chi connectivity index (χ1n) is 12.8. The van der Waals surface area contributed by atoms with Crippen LogP contribution in [0.25, 0.3) is 6.08 Å². The van der Waals surface area contributed by atoms with Gasteiger partial charge in [0.2, 0.25) is 0 Å². The molecule has 1 aromatic carbocycles. The first kappa shape index (κ1) is 25.4. The number of carbonyl (C=O) groups excluding carboxylic acids is 2. The lowest BCUT2D eigenvalue weighted by Gasteiger charge is -2.27. The third-order valence-electron chi connectivity index (χ3n) is 6.56. The number of hydrazone groups is 1. The van der Waals surface area contributed by atoms with Crippen LogP contribution in [0.4, 0.5) is 0 Å². The number of allylic oxidation sites excluding steroid dienone is 1. The van der Waals surface area contributed by atoms with E-state index in [-0.39, 0.29) is 11.5 Å². The van der Waals surface area contributed by atoms with Crippen molar-refractivity contribution in [3.8, 4) is 11.5 Å². The molecule has 198 valence electrons. The van der Waals surface area contributed by atoms with E-state index in [1.165, 1.54) is 5.01 Å². The Bertz CT molecular complexity index is 1320. The topological polar surface area (TPSA) is 104 Å². The molecule has 2 unspecified atom stereocenters. The van der Waals surface area contributed by atoms with E-state index >= 15 is 0 Å². The second-order valence-electron chi connectivity index (χ2n) is 8.97. The molecule has 38 heavy (non-hydrogen) atoms. The van der Waals surface area contributed by atoms with E-state index in [9.17, 15) is 9.59 Å². The Kier molecular flexibility index (Phi) is 7.62. The average Bonchev–Trinajstić information content (AvgIpc) is 3.69. The number of fused-ring (bicyclic) bond motifs is 1. The molecule has 3 aromatic rings. The monoisotopic (exact) mass is 518 g/mol. The normalized spacial score (nSPS) is 19.7. The van der Waals surface area contributed by atoms with Crippen LogP contribution in [0, 0.1) is 5.92 Å². The Labute approximate surface area is 220 Å². The number of esters is 1. The van der Waals surface area contributed by atoms with Crippen LogP contribution in [0.5, 0.6) is 11.5 Å². The first-order chi connectivity index (χ1) is 18.6. The molecule has 1 aliphatic heterocycles. The highest BCUT2D eigenvalue weighted by molar-refractivity contribution is 6.08. The molecule has 2 atom stereocenters. The van der Waals surface area contributed by atoms with Crippen molar-refractivity contribution >= 4 is 23.7 Å². The minimum Gasteiger partial charge on any atom is -0.490 e. The number of hydrogen-bond acceptors (Lipinski definition) is 8. The molecule has 1 amide bonds. The third kappa shape index (κ3) is 5.22. The summed E-state index contributed by atoms with van der Waals surface area (Å²) in [5.74, 6) is 1.25. The largest absolute Gasteiger partial charge is 0.490 e. The van der Waals surface area contributed by atoms with Crippen LogP contribution in [-0.4, -0.2) is 42.4 Å². The molecule has 2 aliphatic rings. The predicted molar refractivity (Wildman–Crippen MR) is 139 cm³/mol. The second-order valence-corrected chi connectivity index (χ2v) is 8.97. The molecular formula is C29H30N2O7. The Hall–Kier alpha value is -4.27. The van der Waals surface area contributed by atoms with Crippen LogP contribution in [0.15, 0.2) is 74.5 Å². The lowest BCUT2D eigenvalue weighted by atomic mass is 9.79. The van der Waals surface area contributed by atoms with Crippen LogP contribution in [0.2, 0.25) is 0 Å². The van der Waals surface area contributed by atoms with Crippen molar-refractivity contribution in [2.24, 2.45) is 11.0 Å². The fourth-order valence-corrected chi connectivity index (χ4v) is 4.95. The van der Waals surface area contributed by atoms with E-state index in [1.54, 1.807) is 36.8 Å². The molecule has 0 spiro atoms. The maximum Gasteiger partial charge on any atom is 0.338 e. The molecule has 1 aliphatic carbocycles. The highest BCUT2D eigenvalue weighted by Crippen LogP contribution is 2.44. The van der Waals surface area contributed by atoms with Crippen LogP contribution < -0.4 is 9.47 Å². The standard InChI is InChI=1S/C29H30N2O7/c1-3-34-23-13-12-20(17-25(23)35-4-2)29(33)38-18-26(32)31-28(24-11-7-15-37-24)22-10-5-8-19(27(22)30-31)16-21-9-6-14-36-21/h6-7,9,11-17,22,28H,3-5,8,10,18H2,1-2H3. The minimum absolute atomic E-state index is 0.0318. The summed E-state index contributed by atoms with van der Waals surface area (Å²) >= 11 is 0. The number of benzene rings is 1. The van der Waals surface area contributed by atoms with Gasteiger partial charge in [-0.05, 0) is 87.2 Å². The van der Waals surface area contributed by atoms with Gasteiger partial charge >= 0.3 is 5.97 Å². The van der Waals surface area contributed by atoms with E-state index in [0.29, 0.717) is 30.5 Å². The van der Waals surface area contributed by atoms with Gasteiger partial charge in [-0.25, -0.2) is 9.80 Å². The van der Waals surface area contributed by atoms with E-state index in [4.69, 9.17) is 28.1 Å². The van der Waals surface area contributed by atoms with Crippen molar-refractivity contribution in [2.75, 3.05) is 19.8 Å². The predicted octanol–water partition coefficient (Wildman–Crippen LogP) is 5.65. The van der Waals surface area contributed by atoms with Gasteiger partial charge in [0, 0.05) is 5.92 Å². The molecular weight excluding hydrogens is 488 g/mol. The van der Waals surface area contributed by atoms with Gasteiger partial charge < -0.3 is 23.0 Å². The second kappa shape index (κ2) is 11.4. The van der Waals surface area contributed by atoms with Crippen molar-refractivity contribution in [2.45, 2.75) is 39.2 Å². The number of hydrogen-bond donors (Lipinski definition) is 0. The number of amides is 1. The van der Waals surface area contributed by atoms with Gasteiger partial charge in [0.1, 0.15) is 17.6 Å². The number of rotatable bonds is 9. The Morgan fingerprint density at radius 2 is 1.84 bits per heavy atom. The van der Waals surface area contributed by atoms with Crippen LogP contribution in [0.3, 0.4) is 0 Å². The Balaban J connectivity index is 1.35. The fraction of sp³-hybridized carbons (Fsp3) is 0.345. The van der Waals surface area contributed by atoms with Crippen molar-refractivity contribution in [3.05, 3.63) is 77.6 Å². The fourth-order valence-electron chi connectivity index (χ4n) is 4.95. The smallest absolute Gasteiger partial charge is 0.338 e. The summed E-state index contributed by atoms with van der Waals surface area (Å²) in [5.41, 5.74) is 2.12. The van der Waals surface area contributed by atoms with Gasteiger partial charge in [-0.15, -0.1) is 0 Å². The van der Waals surface area contributed by atoms with Crippen LogP contribution in [-0.2, 0) is 9.53 Å². The first-order valence-corrected chi connectivity index (χ1v) is 12.8. The summed E-state index contributed by atoms with van der Waals surface area (Å²) in [7, 11) is 0. The van der Waals surface area contributed by atoms with E-state index in [0.717, 1.165) is 36.3 Å². The summed E-state index contributed by atoms with van der Waals surface area (Å²) in [6.07, 6.45) is 7.82. The zero-order chi connectivity index (χ0) is 26.5. The number of carbonyl (C=O) groups is 2. The summed E-state index contributed by atoms with van der Waals surface area (Å²) in [6, 6.07) is 11.7. The molecule has 1 fully saturated rings. The van der Waals surface area contributed by atoms with Gasteiger partial charge in [-0.2, -0.15) is 5.10 Å². The van der Waals surface area contributed by atoms with Crippen LogP contribution >= 0.6 is 0 Å². The third-order valence-corrected chi connectivity index (χ3v) is 6.56. The number of ether oxygens (including phenoxy) is 3. The number of furan rings is 2. The van der Waals surface area contributed by atoms with Crippen molar-refractivity contribution in [3.63, 3.8) is 0 Å². The minimum atomic E-state index is -0.639. The highest BCUT2D eigenvalue weighted by Gasteiger charge is 2.45. The van der Waals surface area contributed by atoms with Crippen molar-refractivity contribution in [1.82, 2.24) is 5.01 Å². The maximum absolute atomic E-state index is 13.4. The number of nitrogens with zero attached hydrogens (tertiary/aromatic N) is 2. The van der Waals surface area contributed by atoms with Crippen molar-refractivity contribution < 1.29 is 32.6 Å². The summed E-state index contributed by atoms with van der Waals surface area (Å²) in [4.78, 5) is 26.2. The SMILES string of the molecule is CCOc1ccc(C(=O)OCC(=O)N2N=C3C(=Cc4ccco4)CCCC3C2c2ccco2)cc1OCC. The molecule has 0 N–H and O–H groups in total. The van der Waals surface area contributed by atoms with Gasteiger partial charge in [0.15, 0.2) is 18.1 Å². The van der Waals surface area contributed by atoms with Gasteiger partial charge in [0.25, 0.3) is 5.91 Å². The molecule has 0 bridgehead atoms. The molecule has 9 heteroatoms. The van der Waals surface area contributed by atoms with Crippen LogP contribution in [0.1, 0.15) is 61.0 Å². The maximum atomic E-state index is 13.4. The van der Waals surface area contributed by atoms with E-state index in [1.807, 2.05) is 38.1 Å². The lowest BCUT2D eigenvalue weighted by molar-refractivity contribution is -0.137. The molecule has 1 saturated carbocycles. The quantitative estimate of drug-likeness (QED) is 0.337.